The van der Waals surface area contributed by atoms with Gasteiger partial charge in [-0.2, -0.15) is 5.26 Å². The molecule has 0 amide bonds. The zero-order valence-electron chi connectivity index (χ0n) is 9.82. The molecule has 0 aromatic heterocycles. The maximum atomic E-state index is 13.5. The number of hydrogen-bond acceptors (Lipinski definition) is 3. The number of anilines is 1. The summed E-state index contributed by atoms with van der Waals surface area (Å²) in [5.74, 6) is -0.445. The first-order valence-corrected chi connectivity index (χ1v) is 5.72. The third-order valence-electron chi connectivity index (χ3n) is 3.22. The van der Waals surface area contributed by atoms with Crippen LogP contribution in [-0.4, -0.2) is 26.3 Å². The lowest BCUT2D eigenvalue weighted by atomic mass is 10.1. The number of piperidine rings is 1. The Morgan fingerprint density at radius 3 is 2.71 bits per heavy atom. The zero-order chi connectivity index (χ0) is 12.3. The maximum absolute atomic E-state index is 13.5. The van der Waals surface area contributed by atoms with Gasteiger partial charge in [-0.3, -0.25) is 0 Å². The van der Waals surface area contributed by atoms with Crippen molar-refractivity contribution in [3.05, 3.63) is 29.6 Å². The molecule has 1 aliphatic heterocycles. The van der Waals surface area contributed by atoms with Crippen molar-refractivity contribution in [1.82, 2.24) is 0 Å². The van der Waals surface area contributed by atoms with Crippen LogP contribution in [0.1, 0.15) is 18.4 Å². The van der Waals surface area contributed by atoms with Crippen LogP contribution < -0.4 is 4.90 Å². The second-order valence-corrected chi connectivity index (χ2v) is 4.17. The van der Waals surface area contributed by atoms with Crippen LogP contribution in [0, 0.1) is 17.1 Å². The van der Waals surface area contributed by atoms with Crippen molar-refractivity contribution in [3.63, 3.8) is 0 Å². The molecule has 1 aromatic carbocycles. The summed E-state index contributed by atoms with van der Waals surface area (Å²) in [6, 6.07) is 6.71. The number of rotatable bonds is 2. The Kier molecular flexibility index (Phi) is 3.60. The molecule has 1 aromatic rings. The number of methoxy groups -OCH3 is 1. The molecular formula is C13H15FN2O. The molecule has 3 nitrogen and oxygen atoms in total. The van der Waals surface area contributed by atoms with Gasteiger partial charge in [-0.05, 0) is 25.0 Å². The lowest BCUT2D eigenvalue weighted by molar-refractivity contribution is 0.0819. The van der Waals surface area contributed by atoms with Gasteiger partial charge in [0.1, 0.15) is 17.4 Å². The second kappa shape index (κ2) is 5.15. The van der Waals surface area contributed by atoms with E-state index in [1.807, 2.05) is 6.07 Å². The van der Waals surface area contributed by atoms with E-state index in [1.54, 1.807) is 19.2 Å². The van der Waals surface area contributed by atoms with Crippen LogP contribution in [0.25, 0.3) is 0 Å². The van der Waals surface area contributed by atoms with Gasteiger partial charge in [0.2, 0.25) is 0 Å². The molecule has 4 heteroatoms. The van der Waals surface area contributed by atoms with Gasteiger partial charge in [-0.1, -0.05) is 6.07 Å². The smallest absolute Gasteiger partial charge is 0.143 e. The fraction of sp³-hybridized carbons (Fsp3) is 0.462. The molecule has 0 radical (unpaired) electrons. The molecule has 1 saturated heterocycles. The van der Waals surface area contributed by atoms with Gasteiger partial charge in [0.15, 0.2) is 0 Å². The lowest BCUT2D eigenvalue weighted by Crippen LogP contribution is -2.37. The van der Waals surface area contributed by atoms with E-state index < -0.39 is 5.82 Å². The second-order valence-electron chi connectivity index (χ2n) is 4.17. The van der Waals surface area contributed by atoms with Crippen molar-refractivity contribution >= 4 is 5.69 Å². The number of benzene rings is 1. The average molecular weight is 234 g/mol. The largest absolute Gasteiger partial charge is 0.381 e. The van der Waals surface area contributed by atoms with E-state index in [0.717, 1.165) is 25.9 Å². The van der Waals surface area contributed by atoms with Gasteiger partial charge in [-0.25, -0.2) is 4.39 Å². The lowest BCUT2D eigenvalue weighted by Gasteiger charge is -2.33. The van der Waals surface area contributed by atoms with Crippen LogP contribution in [0.15, 0.2) is 18.2 Å². The minimum Gasteiger partial charge on any atom is -0.381 e. The highest BCUT2D eigenvalue weighted by Gasteiger charge is 2.21. The fourth-order valence-corrected chi connectivity index (χ4v) is 2.22. The van der Waals surface area contributed by atoms with E-state index in [9.17, 15) is 4.39 Å². The van der Waals surface area contributed by atoms with Crippen LogP contribution in [0.3, 0.4) is 0 Å². The molecule has 0 unspecified atom stereocenters. The third-order valence-corrected chi connectivity index (χ3v) is 3.22. The van der Waals surface area contributed by atoms with Crippen molar-refractivity contribution in [2.75, 3.05) is 25.1 Å². The highest BCUT2D eigenvalue weighted by Crippen LogP contribution is 2.26. The van der Waals surface area contributed by atoms with E-state index in [-0.39, 0.29) is 11.7 Å². The summed E-state index contributed by atoms with van der Waals surface area (Å²) in [7, 11) is 1.71. The van der Waals surface area contributed by atoms with E-state index >= 15 is 0 Å². The van der Waals surface area contributed by atoms with E-state index in [0.29, 0.717) is 5.69 Å². The van der Waals surface area contributed by atoms with Gasteiger partial charge in [-0.15, -0.1) is 0 Å². The minimum atomic E-state index is -0.445. The van der Waals surface area contributed by atoms with E-state index in [1.165, 1.54) is 6.07 Å². The van der Waals surface area contributed by atoms with Crippen LogP contribution in [-0.2, 0) is 4.74 Å². The number of hydrogen-bond donors (Lipinski definition) is 0. The molecule has 17 heavy (non-hydrogen) atoms. The van der Waals surface area contributed by atoms with E-state index in [4.69, 9.17) is 10.00 Å². The summed E-state index contributed by atoms with van der Waals surface area (Å²) in [5.41, 5.74) is 0.838. The zero-order valence-corrected chi connectivity index (χ0v) is 9.82. The summed E-state index contributed by atoms with van der Waals surface area (Å²) < 4.78 is 18.8. The van der Waals surface area contributed by atoms with Gasteiger partial charge in [0.25, 0.3) is 0 Å². The van der Waals surface area contributed by atoms with Crippen molar-refractivity contribution in [1.29, 1.82) is 5.26 Å². The van der Waals surface area contributed by atoms with Crippen LogP contribution in [0.2, 0.25) is 0 Å². The fourth-order valence-electron chi connectivity index (χ4n) is 2.22. The van der Waals surface area contributed by atoms with Gasteiger partial charge >= 0.3 is 0 Å². The normalized spacial score (nSPS) is 16.9. The predicted molar refractivity (Wildman–Crippen MR) is 63.4 cm³/mol. The predicted octanol–water partition coefficient (Wildman–Crippen LogP) is 2.31. The van der Waals surface area contributed by atoms with Gasteiger partial charge in [0.05, 0.1) is 11.8 Å². The quantitative estimate of drug-likeness (QED) is 0.787. The average Bonchev–Trinajstić information content (AvgIpc) is 2.38. The van der Waals surface area contributed by atoms with Crippen molar-refractivity contribution in [2.45, 2.75) is 18.9 Å². The van der Waals surface area contributed by atoms with Gasteiger partial charge in [0, 0.05) is 20.2 Å². The highest BCUT2D eigenvalue weighted by atomic mass is 19.1. The Morgan fingerprint density at radius 1 is 1.41 bits per heavy atom. The molecule has 0 spiro atoms. The summed E-state index contributed by atoms with van der Waals surface area (Å²) in [6.45, 7) is 1.60. The molecular weight excluding hydrogens is 219 g/mol. The Labute approximate surface area is 100 Å². The summed E-state index contributed by atoms with van der Waals surface area (Å²) in [5, 5.41) is 8.99. The molecule has 2 rings (SSSR count). The van der Waals surface area contributed by atoms with Crippen LogP contribution in [0.5, 0.6) is 0 Å². The number of ether oxygens (including phenoxy) is 1. The molecule has 0 N–H and O–H groups in total. The molecule has 0 atom stereocenters. The topological polar surface area (TPSA) is 36.3 Å². The SMILES string of the molecule is COC1CCN(c2cccc(F)c2C#N)CC1. The molecule has 90 valence electrons. The minimum absolute atomic E-state index is 0.142. The number of halogens is 1. The van der Waals surface area contributed by atoms with Crippen molar-refractivity contribution in [3.8, 4) is 6.07 Å². The summed E-state index contributed by atoms with van der Waals surface area (Å²) in [6.07, 6.45) is 2.11. The molecule has 0 bridgehead atoms. The number of nitrogens with zero attached hydrogens (tertiary/aromatic N) is 2. The van der Waals surface area contributed by atoms with E-state index in [2.05, 4.69) is 4.90 Å². The molecule has 0 aliphatic carbocycles. The van der Waals surface area contributed by atoms with Crippen molar-refractivity contribution < 1.29 is 9.13 Å². The highest BCUT2D eigenvalue weighted by molar-refractivity contribution is 5.60. The molecule has 0 saturated carbocycles. The Hall–Kier alpha value is -1.60. The first-order chi connectivity index (χ1) is 8.26. The Morgan fingerprint density at radius 2 is 2.12 bits per heavy atom. The first kappa shape index (κ1) is 11.9. The van der Waals surface area contributed by atoms with Crippen molar-refractivity contribution in [2.24, 2.45) is 0 Å². The monoisotopic (exact) mass is 234 g/mol. The standard InChI is InChI=1S/C13H15FN2O/c1-17-10-5-7-16(8-6-10)13-4-2-3-12(14)11(13)9-15/h2-4,10H,5-8H2,1H3. The molecule has 1 aliphatic rings. The molecule has 1 heterocycles. The Bertz CT molecular complexity index is 434. The van der Waals surface area contributed by atoms with Crippen LogP contribution in [0.4, 0.5) is 10.1 Å². The Balaban J connectivity index is 2.19. The summed E-state index contributed by atoms with van der Waals surface area (Å²) >= 11 is 0. The van der Waals surface area contributed by atoms with Gasteiger partial charge < -0.3 is 9.64 Å². The van der Waals surface area contributed by atoms with Crippen LogP contribution >= 0.6 is 0 Å². The molecule has 1 fully saturated rings. The summed E-state index contributed by atoms with van der Waals surface area (Å²) in [4.78, 5) is 2.05. The maximum Gasteiger partial charge on any atom is 0.143 e. The number of nitriles is 1. The third kappa shape index (κ3) is 2.40. The first-order valence-electron chi connectivity index (χ1n) is 5.72.